The lowest BCUT2D eigenvalue weighted by atomic mass is 9.89. The first-order valence-electron chi connectivity index (χ1n) is 9.53. The highest BCUT2D eigenvalue weighted by molar-refractivity contribution is 5.88. The summed E-state index contributed by atoms with van der Waals surface area (Å²) >= 11 is 0. The molecule has 1 N–H and O–H groups in total. The van der Waals surface area contributed by atoms with E-state index in [1.165, 1.54) is 0 Å². The number of methoxy groups -OCH3 is 1. The molecular formula is C22H25NO4. The molecule has 2 atom stereocenters. The van der Waals surface area contributed by atoms with Crippen molar-refractivity contribution in [1.82, 2.24) is 4.90 Å². The minimum absolute atomic E-state index is 0.0478. The van der Waals surface area contributed by atoms with E-state index in [1.807, 2.05) is 42.2 Å². The summed E-state index contributed by atoms with van der Waals surface area (Å²) in [5.74, 6) is -0.146. The van der Waals surface area contributed by atoms with Crippen molar-refractivity contribution in [2.45, 2.75) is 32.1 Å². The van der Waals surface area contributed by atoms with Crippen molar-refractivity contribution < 1.29 is 19.4 Å². The molecule has 1 aliphatic carbocycles. The van der Waals surface area contributed by atoms with Gasteiger partial charge in [0.1, 0.15) is 5.75 Å². The zero-order chi connectivity index (χ0) is 19.2. The lowest BCUT2D eigenvalue weighted by Gasteiger charge is -2.34. The SMILES string of the molecule is COc1ccc2cc(C(C)C(=O)N3CCC4(CC3)CC4C(=O)O)ccc2c1. The number of carbonyl (C=O) groups is 2. The number of carboxylic acid groups (broad SMARTS) is 1. The predicted octanol–water partition coefficient (Wildman–Crippen LogP) is 3.67. The Hall–Kier alpha value is -2.56. The average Bonchev–Trinajstić information content (AvgIpc) is 3.40. The van der Waals surface area contributed by atoms with Crippen LogP contribution in [0.1, 0.15) is 37.7 Å². The number of fused-ring (bicyclic) bond motifs is 1. The lowest BCUT2D eigenvalue weighted by Crippen LogP contribution is -2.41. The van der Waals surface area contributed by atoms with Gasteiger partial charge >= 0.3 is 5.97 Å². The smallest absolute Gasteiger partial charge is 0.307 e. The highest BCUT2D eigenvalue weighted by atomic mass is 16.5. The van der Waals surface area contributed by atoms with Crippen LogP contribution < -0.4 is 4.74 Å². The molecule has 5 heteroatoms. The van der Waals surface area contributed by atoms with Crippen LogP contribution in [0.4, 0.5) is 0 Å². The van der Waals surface area contributed by atoms with Gasteiger partial charge in [-0.2, -0.15) is 0 Å². The molecule has 2 aromatic carbocycles. The van der Waals surface area contributed by atoms with E-state index < -0.39 is 5.97 Å². The van der Waals surface area contributed by atoms with Gasteiger partial charge in [0, 0.05) is 13.1 Å². The lowest BCUT2D eigenvalue weighted by molar-refractivity contribution is -0.140. The third-order valence-electron chi connectivity index (χ3n) is 6.50. The second kappa shape index (κ2) is 6.55. The van der Waals surface area contributed by atoms with Crippen molar-refractivity contribution in [3.63, 3.8) is 0 Å². The number of benzene rings is 2. The van der Waals surface area contributed by atoms with E-state index in [2.05, 4.69) is 6.07 Å². The van der Waals surface area contributed by atoms with Crippen molar-refractivity contribution in [2.75, 3.05) is 20.2 Å². The fourth-order valence-corrected chi connectivity index (χ4v) is 4.48. The summed E-state index contributed by atoms with van der Waals surface area (Å²) in [7, 11) is 1.65. The highest BCUT2D eigenvalue weighted by Crippen LogP contribution is 2.59. The third kappa shape index (κ3) is 3.15. The third-order valence-corrected chi connectivity index (χ3v) is 6.50. The van der Waals surface area contributed by atoms with Crippen LogP contribution in [0, 0.1) is 11.3 Å². The first-order valence-corrected chi connectivity index (χ1v) is 9.53. The fraction of sp³-hybridized carbons (Fsp3) is 0.455. The summed E-state index contributed by atoms with van der Waals surface area (Å²) in [5.41, 5.74) is 0.959. The molecule has 1 saturated carbocycles. The first kappa shape index (κ1) is 17.8. The minimum Gasteiger partial charge on any atom is -0.497 e. The number of piperidine rings is 1. The average molecular weight is 367 g/mol. The monoisotopic (exact) mass is 367 g/mol. The number of nitrogens with zero attached hydrogens (tertiary/aromatic N) is 1. The van der Waals surface area contributed by atoms with Crippen molar-refractivity contribution in [1.29, 1.82) is 0 Å². The van der Waals surface area contributed by atoms with Gasteiger partial charge in [-0.25, -0.2) is 0 Å². The Morgan fingerprint density at radius 1 is 1.15 bits per heavy atom. The molecule has 2 unspecified atom stereocenters. The van der Waals surface area contributed by atoms with E-state index in [9.17, 15) is 14.7 Å². The van der Waals surface area contributed by atoms with Gasteiger partial charge in [-0.3, -0.25) is 9.59 Å². The molecule has 1 amide bonds. The number of carboxylic acids is 1. The van der Waals surface area contributed by atoms with E-state index in [1.54, 1.807) is 7.11 Å². The Morgan fingerprint density at radius 3 is 2.44 bits per heavy atom. The highest BCUT2D eigenvalue weighted by Gasteiger charge is 2.59. The van der Waals surface area contributed by atoms with Crippen LogP contribution in [0.2, 0.25) is 0 Å². The Balaban J connectivity index is 1.45. The molecule has 1 spiro atoms. The van der Waals surface area contributed by atoms with Gasteiger partial charge in [-0.1, -0.05) is 24.3 Å². The maximum atomic E-state index is 13.0. The van der Waals surface area contributed by atoms with Crippen LogP contribution >= 0.6 is 0 Å². The molecule has 27 heavy (non-hydrogen) atoms. The normalized spacial score (nSPS) is 21.9. The number of rotatable bonds is 4. The van der Waals surface area contributed by atoms with Crippen LogP contribution in [-0.2, 0) is 9.59 Å². The van der Waals surface area contributed by atoms with Gasteiger partial charge in [0.2, 0.25) is 5.91 Å². The summed E-state index contributed by atoms with van der Waals surface area (Å²) in [6.45, 7) is 3.28. The predicted molar refractivity (Wildman–Crippen MR) is 103 cm³/mol. The van der Waals surface area contributed by atoms with Crippen LogP contribution in [0.15, 0.2) is 36.4 Å². The molecule has 2 aliphatic rings. The molecule has 0 radical (unpaired) electrons. The largest absolute Gasteiger partial charge is 0.497 e. The van der Waals surface area contributed by atoms with Crippen molar-refractivity contribution in [2.24, 2.45) is 11.3 Å². The topological polar surface area (TPSA) is 66.8 Å². The number of carbonyl (C=O) groups excluding carboxylic acids is 1. The number of amides is 1. The van der Waals surface area contributed by atoms with Crippen molar-refractivity contribution >= 4 is 22.6 Å². The molecule has 1 aliphatic heterocycles. The standard InChI is InChI=1S/C22H25NO4/c1-14(15-3-4-17-12-18(27-2)6-5-16(17)11-15)20(24)23-9-7-22(8-10-23)13-19(22)21(25)26/h3-6,11-12,14,19H,7-10,13H2,1-2H3,(H,25,26). The van der Waals surface area contributed by atoms with Crippen LogP contribution in [0.25, 0.3) is 10.8 Å². The Bertz CT molecular complexity index is 898. The second-order valence-electron chi connectivity index (χ2n) is 7.98. The quantitative estimate of drug-likeness (QED) is 0.895. The number of aliphatic carboxylic acids is 1. The maximum Gasteiger partial charge on any atom is 0.307 e. The summed E-state index contributed by atoms with van der Waals surface area (Å²) in [4.78, 5) is 26.1. The van der Waals surface area contributed by atoms with E-state index in [0.717, 1.165) is 41.3 Å². The molecule has 1 heterocycles. The summed E-state index contributed by atoms with van der Waals surface area (Å²) < 4.78 is 5.26. The van der Waals surface area contributed by atoms with E-state index in [4.69, 9.17) is 4.74 Å². The first-order chi connectivity index (χ1) is 12.9. The number of likely N-dealkylation sites (tertiary alicyclic amines) is 1. The van der Waals surface area contributed by atoms with Gasteiger partial charge in [-0.15, -0.1) is 0 Å². The maximum absolute atomic E-state index is 13.0. The minimum atomic E-state index is -0.684. The summed E-state index contributed by atoms with van der Waals surface area (Å²) in [6, 6.07) is 12.0. The van der Waals surface area contributed by atoms with Crippen LogP contribution in [0.5, 0.6) is 5.75 Å². The zero-order valence-electron chi connectivity index (χ0n) is 15.8. The molecule has 0 bridgehead atoms. The number of hydrogen-bond acceptors (Lipinski definition) is 3. The van der Waals surface area contributed by atoms with Crippen molar-refractivity contribution in [3.05, 3.63) is 42.0 Å². The molecule has 0 aromatic heterocycles. The Labute approximate surface area is 158 Å². The van der Waals surface area contributed by atoms with Gasteiger partial charge in [0.15, 0.2) is 0 Å². The Morgan fingerprint density at radius 2 is 1.81 bits per heavy atom. The summed E-state index contributed by atoms with van der Waals surface area (Å²) in [5, 5.41) is 11.4. The molecular weight excluding hydrogens is 342 g/mol. The van der Waals surface area contributed by atoms with Gasteiger partial charge in [0.25, 0.3) is 0 Å². The van der Waals surface area contributed by atoms with Crippen LogP contribution in [-0.4, -0.2) is 42.1 Å². The molecule has 2 aromatic rings. The molecule has 142 valence electrons. The Kier molecular flexibility index (Phi) is 4.33. The second-order valence-corrected chi connectivity index (χ2v) is 7.98. The summed E-state index contributed by atoms with van der Waals surface area (Å²) in [6.07, 6.45) is 2.38. The number of ether oxygens (including phenoxy) is 1. The van der Waals surface area contributed by atoms with Crippen molar-refractivity contribution in [3.8, 4) is 5.75 Å². The van der Waals surface area contributed by atoms with Crippen LogP contribution in [0.3, 0.4) is 0 Å². The number of hydrogen-bond donors (Lipinski definition) is 1. The van der Waals surface area contributed by atoms with Gasteiger partial charge in [-0.05, 0) is 60.1 Å². The van der Waals surface area contributed by atoms with Gasteiger partial charge < -0.3 is 14.7 Å². The van der Waals surface area contributed by atoms with E-state index in [-0.39, 0.29) is 23.2 Å². The van der Waals surface area contributed by atoms with E-state index >= 15 is 0 Å². The zero-order valence-corrected chi connectivity index (χ0v) is 15.8. The molecule has 1 saturated heterocycles. The molecule has 4 rings (SSSR count). The van der Waals surface area contributed by atoms with E-state index in [0.29, 0.717) is 13.1 Å². The molecule has 5 nitrogen and oxygen atoms in total. The molecule has 2 fully saturated rings. The van der Waals surface area contributed by atoms with Gasteiger partial charge in [0.05, 0.1) is 18.9 Å². The fourth-order valence-electron chi connectivity index (χ4n) is 4.48.